The van der Waals surface area contributed by atoms with Crippen LogP contribution in [-0.2, 0) is 9.47 Å². The van der Waals surface area contributed by atoms with E-state index in [9.17, 15) is 4.79 Å². The molecule has 3 nitrogen and oxygen atoms in total. The molecule has 3 atom stereocenters. The van der Waals surface area contributed by atoms with E-state index in [1.807, 2.05) is 11.4 Å². The molecule has 17 heavy (non-hydrogen) atoms. The lowest BCUT2D eigenvalue weighted by atomic mass is 9.59. The fraction of sp³-hybridized carbons (Fsp3) is 0.615. The fourth-order valence-corrected chi connectivity index (χ4v) is 3.69. The molecule has 3 rings (SSSR count). The molecule has 0 bridgehead atoms. The number of carbonyl (C=O) groups is 1. The van der Waals surface area contributed by atoms with Crippen LogP contribution in [-0.4, -0.2) is 24.8 Å². The molecule has 0 aromatic carbocycles. The lowest BCUT2D eigenvalue weighted by Crippen LogP contribution is -2.61. The lowest BCUT2D eigenvalue weighted by Gasteiger charge is -2.53. The van der Waals surface area contributed by atoms with E-state index >= 15 is 0 Å². The average Bonchev–Trinajstić information content (AvgIpc) is 2.95. The Hall–Kier alpha value is -0.870. The molecule has 2 heterocycles. The number of thiophene rings is 1. The highest BCUT2D eigenvalue weighted by Crippen LogP contribution is 2.53. The fourth-order valence-electron chi connectivity index (χ4n) is 3.09. The van der Waals surface area contributed by atoms with Crippen LogP contribution in [0.3, 0.4) is 0 Å². The summed E-state index contributed by atoms with van der Waals surface area (Å²) in [6, 6.07) is 3.68. The number of rotatable bonds is 2. The molecule has 0 N–H and O–H groups in total. The van der Waals surface area contributed by atoms with Crippen molar-refractivity contribution < 1.29 is 14.3 Å². The summed E-state index contributed by atoms with van der Waals surface area (Å²) in [7, 11) is 0. The van der Waals surface area contributed by atoms with Gasteiger partial charge in [-0.15, -0.1) is 11.3 Å². The zero-order valence-electron chi connectivity index (χ0n) is 10.0. The van der Waals surface area contributed by atoms with Gasteiger partial charge in [0.1, 0.15) is 11.0 Å². The van der Waals surface area contributed by atoms with Crippen LogP contribution in [0.4, 0.5) is 0 Å². The molecule has 0 radical (unpaired) electrons. The van der Waals surface area contributed by atoms with Crippen molar-refractivity contribution in [1.82, 2.24) is 0 Å². The van der Waals surface area contributed by atoms with Crippen LogP contribution in [0.5, 0.6) is 0 Å². The lowest BCUT2D eigenvalue weighted by molar-refractivity contribution is -0.183. The highest BCUT2D eigenvalue weighted by molar-refractivity contribution is 7.11. The SMILES string of the molecule is CC1(C)C2OCCC2C1OC(=O)c1cccs1. The van der Waals surface area contributed by atoms with Gasteiger partial charge in [-0.05, 0) is 17.9 Å². The van der Waals surface area contributed by atoms with Crippen LogP contribution in [0.15, 0.2) is 17.5 Å². The van der Waals surface area contributed by atoms with Gasteiger partial charge in [-0.2, -0.15) is 0 Å². The zero-order chi connectivity index (χ0) is 12.0. The van der Waals surface area contributed by atoms with Gasteiger partial charge in [-0.1, -0.05) is 19.9 Å². The quantitative estimate of drug-likeness (QED) is 0.759. The minimum absolute atomic E-state index is 0.00426. The molecular weight excluding hydrogens is 236 g/mol. The minimum Gasteiger partial charge on any atom is -0.457 e. The monoisotopic (exact) mass is 252 g/mol. The Balaban J connectivity index is 1.72. The second-order valence-corrected chi connectivity index (χ2v) is 6.32. The van der Waals surface area contributed by atoms with E-state index in [0.717, 1.165) is 13.0 Å². The van der Waals surface area contributed by atoms with Gasteiger partial charge in [0.15, 0.2) is 0 Å². The maximum atomic E-state index is 11.9. The molecule has 2 fully saturated rings. The van der Waals surface area contributed by atoms with Gasteiger partial charge in [-0.3, -0.25) is 0 Å². The first-order valence-corrected chi connectivity index (χ1v) is 6.85. The van der Waals surface area contributed by atoms with E-state index in [1.54, 1.807) is 6.07 Å². The third-order valence-electron chi connectivity index (χ3n) is 3.95. The highest BCUT2D eigenvalue weighted by atomic mass is 32.1. The largest absolute Gasteiger partial charge is 0.457 e. The smallest absolute Gasteiger partial charge is 0.348 e. The van der Waals surface area contributed by atoms with Crippen molar-refractivity contribution in [2.75, 3.05) is 6.61 Å². The average molecular weight is 252 g/mol. The molecule has 1 aromatic heterocycles. The molecule has 1 aromatic rings. The molecule has 1 aliphatic heterocycles. The van der Waals surface area contributed by atoms with Crippen molar-refractivity contribution in [3.05, 3.63) is 22.4 Å². The normalized spacial score (nSPS) is 33.9. The van der Waals surface area contributed by atoms with Crippen molar-refractivity contribution in [2.24, 2.45) is 11.3 Å². The number of fused-ring (bicyclic) bond motifs is 1. The van der Waals surface area contributed by atoms with Crippen molar-refractivity contribution in [3.63, 3.8) is 0 Å². The number of ether oxygens (including phenoxy) is 2. The molecule has 0 amide bonds. The number of hydrogen-bond acceptors (Lipinski definition) is 4. The first-order valence-electron chi connectivity index (χ1n) is 5.97. The third-order valence-corrected chi connectivity index (χ3v) is 4.80. The maximum Gasteiger partial charge on any atom is 0.348 e. The second-order valence-electron chi connectivity index (χ2n) is 5.37. The Labute approximate surface area is 105 Å². The molecule has 1 aliphatic carbocycles. The predicted octanol–water partition coefficient (Wildman–Crippen LogP) is 2.72. The Morgan fingerprint density at radius 3 is 3.12 bits per heavy atom. The summed E-state index contributed by atoms with van der Waals surface area (Å²) < 4.78 is 11.3. The van der Waals surface area contributed by atoms with Crippen LogP contribution in [0, 0.1) is 11.3 Å². The minimum atomic E-state index is -0.191. The van der Waals surface area contributed by atoms with Gasteiger partial charge in [-0.25, -0.2) is 4.79 Å². The second kappa shape index (κ2) is 3.82. The number of carbonyl (C=O) groups excluding carboxylic acids is 1. The maximum absolute atomic E-state index is 11.9. The van der Waals surface area contributed by atoms with E-state index in [-0.39, 0.29) is 23.6 Å². The van der Waals surface area contributed by atoms with Gasteiger partial charge >= 0.3 is 5.97 Å². The van der Waals surface area contributed by atoms with E-state index in [2.05, 4.69) is 13.8 Å². The topological polar surface area (TPSA) is 35.5 Å². The van der Waals surface area contributed by atoms with Crippen molar-refractivity contribution >= 4 is 17.3 Å². The Morgan fingerprint density at radius 1 is 1.59 bits per heavy atom. The Morgan fingerprint density at radius 2 is 2.41 bits per heavy atom. The molecular formula is C13H16O3S. The number of hydrogen-bond donors (Lipinski definition) is 0. The Kier molecular flexibility index (Phi) is 2.52. The summed E-state index contributed by atoms with van der Waals surface area (Å²) in [5.74, 6) is 0.206. The van der Waals surface area contributed by atoms with E-state index < -0.39 is 0 Å². The summed E-state index contributed by atoms with van der Waals surface area (Å²) in [6.45, 7) is 5.03. The summed E-state index contributed by atoms with van der Waals surface area (Å²) in [5, 5.41) is 1.89. The van der Waals surface area contributed by atoms with Gasteiger partial charge in [0, 0.05) is 17.9 Å². The first-order chi connectivity index (χ1) is 8.10. The summed E-state index contributed by atoms with van der Waals surface area (Å²) >= 11 is 1.43. The number of esters is 1. The van der Waals surface area contributed by atoms with E-state index in [0.29, 0.717) is 10.8 Å². The summed E-state index contributed by atoms with van der Waals surface area (Å²) in [5.41, 5.74) is -0.0475. The predicted molar refractivity (Wildman–Crippen MR) is 65.2 cm³/mol. The Bertz CT molecular complexity index is 424. The summed E-state index contributed by atoms with van der Waals surface area (Å²) in [6.07, 6.45) is 1.28. The van der Waals surface area contributed by atoms with Gasteiger partial charge < -0.3 is 9.47 Å². The molecule has 3 unspecified atom stereocenters. The van der Waals surface area contributed by atoms with Crippen molar-refractivity contribution in [2.45, 2.75) is 32.5 Å². The van der Waals surface area contributed by atoms with Crippen LogP contribution >= 0.6 is 11.3 Å². The first kappa shape index (κ1) is 11.2. The van der Waals surface area contributed by atoms with Gasteiger partial charge in [0.05, 0.1) is 6.10 Å². The molecule has 1 saturated heterocycles. The molecule has 0 spiro atoms. The van der Waals surface area contributed by atoms with Crippen LogP contribution in [0.1, 0.15) is 29.9 Å². The van der Waals surface area contributed by atoms with Gasteiger partial charge in [0.25, 0.3) is 0 Å². The molecule has 1 saturated carbocycles. The van der Waals surface area contributed by atoms with E-state index in [1.165, 1.54) is 11.3 Å². The molecule has 2 aliphatic rings. The third kappa shape index (κ3) is 1.62. The highest BCUT2D eigenvalue weighted by Gasteiger charge is 2.61. The van der Waals surface area contributed by atoms with E-state index in [4.69, 9.17) is 9.47 Å². The van der Waals surface area contributed by atoms with Crippen molar-refractivity contribution in [1.29, 1.82) is 0 Å². The zero-order valence-corrected chi connectivity index (χ0v) is 10.8. The van der Waals surface area contributed by atoms with Crippen molar-refractivity contribution in [3.8, 4) is 0 Å². The van der Waals surface area contributed by atoms with Crippen LogP contribution in [0.2, 0.25) is 0 Å². The molecule has 92 valence electrons. The van der Waals surface area contributed by atoms with Gasteiger partial charge in [0.2, 0.25) is 0 Å². The summed E-state index contributed by atoms with van der Waals surface area (Å²) in [4.78, 5) is 12.6. The van der Waals surface area contributed by atoms with Crippen LogP contribution < -0.4 is 0 Å². The standard InChI is InChI=1S/C13H16O3S/c1-13(2)10-8(5-6-15-10)11(13)16-12(14)9-4-3-7-17-9/h3-4,7-8,10-11H,5-6H2,1-2H3. The molecule has 4 heteroatoms. The van der Waals surface area contributed by atoms with Crippen LogP contribution in [0.25, 0.3) is 0 Å².